The average molecular weight is 406 g/mol. The molecule has 2 rings (SSSR count). The van der Waals surface area contributed by atoms with E-state index in [1.165, 1.54) is 13.0 Å². The van der Waals surface area contributed by atoms with E-state index in [1.54, 1.807) is 24.7 Å². The van der Waals surface area contributed by atoms with Crippen LogP contribution in [-0.2, 0) is 21.4 Å². The maximum absolute atomic E-state index is 12.2. The molecule has 0 saturated heterocycles. The summed E-state index contributed by atoms with van der Waals surface area (Å²) in [7, 11) is 1.80. The van der Waals surface area contributed by atoms with Crippen molar-refractivity contribution >= 4 is 39.6 Å². The van der Waals surface area contributed by atoms with Gasteiger partial charge >= 0.3 is 5.97 Å². The Bertz CT molecular complexity index is 827. The van der Waals surface area contributed by atoms with Crippen LogP contribution in [-0.4, -0.2) is 27.8 Å². The van der Waals surface area contributed by atoms with E-state index in [1.807, 2.05) is 31.2 Å². The fraction of sp³-hybridized carbons (Fsp3) is 0.278. The topological polar surface area (TPSA) is 73.2 Å². The zero-order chi connectivity index (χ0) is 18.6. The van der Waals surface area contributed by atoms with E-state index in [-0.39, 0.29) is 0 Å². The number of carbonyl (C=O) groups excluding carboxylic acids is 2. The number of hydrogen-bond donors (Lipinski definition) is 1. The first kappa shape index (κ1) is 18.9. The molecule has 0 radical (unpaired) electrons. The summed E-state index contributed by atoms with van der Waals surface area (Å²) in [6, 6.07) is 7.49. The predicted octanol–water partition coefficient (Wildman–Crippen LogP) is 3.38. The summed E-state index contributed by atoms with van der Waals surface area (Å²) in [4.78, 5) is 24.1. The van der Waals surface area contributed by atoms with Gasteiger partial charge in [-0.3, -0.25) is 9.48 Å². The van der Waals surface area contributed by atoms with Crippen molar-refractivity contribution < 1.29 is 14.3 Å². The highest BCUT2D eigenvalue weighted by atomic mass is 79.9. The first-order chi connectivity index (χ1) is 11.8. The number of esters is 1. The fourth-order valence-electron chi connectivity index (χ4n) is 2.22. The molecule has 132 valence electrons. The molecule has 1 amide bonds. The molecule has 0 fully saturated rings. The number of nitrogens with one attached hydrogen (secondary N) is 1. The van der Waals surface area contributed by atoms with Gasteiger partial charge in [0.25, 0.3) is 5.91 Å². The third-order valence-corrected chi connectivity index (χ3v) is 4.17. The summed E-state index contributed by atoms with van der Waals surface area (Å²) in [5, 5.41) is 6.99. The van der Waals surface area contributed by atoms with Crippen LogP contribution in [0.2, 0.25) is 0 Å². The van der Waals surface area contributed by atoms with Gasteiger partial charge in [-0.15, -0.1) is 0 Å². The normalized spacial score (nSPS) is 12.2. The van der Waals surface area contributed by atoms with Gasteiger partial charge in [-0.25, -0.2) is 4.79 Å². The number of hydrogen-bond acceptors (Lipinski definition) is 4. The Kier molecular flexibility index (Phi) is 6.14. The Balaban J connectivity index is 1.95. The van der Waals surface area contributed by atoms with E-state index in [4.69, 9.17) is 4.74 Å². The number of aryl methyl sites for hydroxylation is 2. The van der Waals surface area contributed by atoms with Crippen LogP contribution >= 0.6 is 15.9 Å². The Hall–Kier alpha value is -2.41. The van der Waals surface area contributed by atoms with Crippen molar-refractivity contribution in [3.8, 4) is 0 Å². The van der Waals surface area contributed by atoms with E-state index in [0.29, 0.717) is 11.4 Å². The molecule has 0 spiro atoms. The van der Waals surface area contributed by atoms with Crippen LogP contribution in [0.15, 0.2) is 34.8 Å². The van der Waals surface area contributed by atoms with Gasteiger partial charge in [-0.1, -0.05) is 28.1 Å². The molecule has 1 aromatic carbocycles. The predicted molar refractivity (Wildman–Crippen MR) is 100 cm³/mol. The average Bonchev–Trinajstić information content (AvgIpc) is 2.79. The monoisotopic (exact) mass is 405 g/mol. The van der Waals surface area contributed by atoms with Crippen molar-refractivity contribution in [1.82, 2.24) is 9.78 Å². The minimum absolute atomic E-state index is 0.400. The number of benzene rings is 1. The van der Waals surface area contributed by atoms with Crippen LogP contribution in [0.1, 0.15) is 23.9 Å². The van der Waals surface area contributed by atoms with E-state index >= 15 is 0 Å². The number of nitrogens with zero attached hydrogens (tertiary/aromatic N) is 2. The van der Waals surface area contributed by atoms with Gasteiger partial charge < -0.3 is 10.1 Å². The van der Waals surface area contributed by atoms with Gasteiger partial charge in [0, 0.05) is 17.6 Å². The number of carbonyl (C=O) groups is 2. The standard InChI is InChI=1S/C18H20BrN3O3/c1-11-17(12(2)22(4)21-11)20-18(24)13(3)25-16(23)9-8-14-6-5-7-15(19)10-14/h5-10,13H,1-4H3,(H,20,24)/b9-8+/t13-/m0/s1. The minimum Gasteiger partial charge on any atom is -0.449 e. The van der Waals surface area contributed by atoms with Crippen LogP contribution in [0.3, 0.4) is 0 Å². The third kappa shape index (κ3) is 5.03. The van der Waals surface area contributed by atoms with E-state index in [9.17, 15) is 9.59 Å². The van der Waals surface area contributed by atoms with Gasteiger partial charge in [-0.05, 0) is 44.5 Å². The lowest BCUT2D eigenvalue weighted by Crippen LogP contribution is -2.29. The molecule has 0 aliphatic heterocycles. The first-order valence-corrected chi connectivity index (χ1v) is 8.52. The van der Waals surface area contributed by atoms with Crippen LogP contribution in [0.25, 0.3) is 6.08 Å². The second-order valence-corrected chi connectivity index (χ2v) is 6.54. The molecule has 0 unspecified atom stereocenters. The zero-order valence-electron chi connectivity index (χ0n) is 14.5. The fourth-order valence-corrected chi connectivity index (χ4v) is 2.64. The molecule has 1 atom stereocenters. The van der Waals surface area contributed by atoms with Crippen LogP contribution in [0.4, 0.5) is 5.69 Å². The van der Waals surface area contributed by atoms with Gasteiger partial charge in [0.2, 0.25) is 0 Å². The highest BCUT2D eigenvalue weighted by Crippen LogP contribution is 2.18. The molecule has 1 aromatic heterocycles. The van der Waals surface area contributed by atoms with Crippen molar-refractivity contribution in [2.75, 3.05) is 5.32 Å². The molecule has 0 aliphatic rings. The molecule has 25 heavy (non-hydrogen) atoms. The lowest BCUT2D eigenvalue weighted by Gasteiger charge is -2.12. The lowest BCUT2D eigenvalue weighted by atomic mass is 10.2. The van der Waals surface area contributed by atoms with E-state index < -0.39 is 18.0 Å². The summed E-state index contributed by atoms with van der Waals surface area (Å²) >= 11 is 3.36. The summed E-state index contributed by atoms with van der Waals surface area (Å²) < 4.78 is 7.74. The number of amides is 1. The lowest BCUT2D eigenvalue weighted by molar-refractivity contribution is -0.148. The number of rotatable bonds is 5. The summed E-state index contributed by atoms with van der Waals surface area (Å²) in [6.07, 6.45) is 2.01. The second-order valence-electron chi connectivity index (χ2n) is 5.63. The molecule has 1 N–H and O–H groups in total. The van der Waals surface area contributed by atoms with Gasteiger partial charge in [0.1, 0.15) is 0 Å². The molecular weight excluding hydrogens is 386 g/mol. The summed E-state index contributed by atoms with van der Waals surface area (Å²) in [6.45, 7) is 5.19. The molecule has 7 heteroatoms. The Morgan fingerprint density at radius 3 is 2.68 bits per heavy atom. The quantitative estimate of drug-likeness (QED) is 0.611. The molecular formula is C18H20BrN3O3. The van der Waals surface area contributed by atoms with Gasteiger partial charge in [0.05, 0.1) is 17.1 Å². The Morgan fingerprint density at radius 2 is 2.08 bits per heavy atom. The van der Waals surface area contributed by atoms with Crippen LogP contribution in [0.5, 0.6) is 0 Å². The first-order valence-electron chi connectivity index (χ1n) is 7.73. The van der Waals surface area contributed by atoms with Crippen LogP contribution in [0, 0.1) is 13.8 Å². The largest absolute Gasteiger partial charge is 0.449 e. The van der Waals surface area contributed by atoms with Crippen molar-refractivity contribution in [2.45, 2.75) is 26.9 Å². The molecule has 6 nitrogen and oxygen atoms in total. The molecule has 0 aliphatic carbocycles. The highest BCUT2D eigenvalue weighted by molar-refractivity contribution is 9.10. The highest BCUT2D eigenvalue weighted by Gasteiger charge is 2.20. The third-order valence-electron chi connectivity index (χ3n) is 3.68. The maximum Gasteiger partial charge on any atom is 0.331 e. The Labute approximate surface area is 155 Å². The van der Waals surface area contributed by atoms with Gasteiger partial charge in [-0.2, -0.15) is 5.10 Å². The summed E-state index contributed by atoms with van der Waals surface area (Å²) in [5.74, 6) is -0.981. The van der Waals surface area contributed by atoms with E-state index in [2.05, 4.69) is 26.3 Å². The molecule has 0 saturated carbocycles. The van der Waals surface area contributed by atoms with Crippen LogP contribution < -0.4 is 5.32 Å². The number of aromatic nitrogens is 2. The van der Waals surface area contributed by atoms with E-state index in [0.717, 1.165) is 15.7 Å². The molecule has 2 aromatic rings. The second kappa shape index (κ2) is 8.11. The van der Waals surface area contributed by atoms with Gasteiger partial charge in [0.15, 0.2) is 6.10 Å². The number of anilines is 1. The molecule has 1 heterocycles. The SMILES string of the molecule is Cc1nn(C)c(C)c1NC(=O)[C@H](C)OC(=O)/C=C/c1cccc(Br)c1. The molecule has 0 bridgehead atoms. The van der Waals surface area contributed by atoms with Crippen molar-refractivity contribution in [2.24, 2.45) is 7.05 Å². The Morgan fingerprint density at radius 1 is 1.36 bits per heavy atom. The van der Waals surface area contributed by atoms with Crippen molar-refractivity contribution in [1.29, 1.82) is 0 Å². The maximum atomic E-state index is 12.2. The van der Waals surface area contributed by atoms with Crippen molar-refractivity contribution in [3.63, 3.8) is 0 Å². The zero-order valence-corrected chi connectivity index (χ0v) is 16.1. The number of ether oxygens (including phenoxy) is 1. The minimum atomic E-state index is -0.918. The van der Waals surface area contributed by atoms with Crippen molar-refractivity contribution in [3.05, 3.63) is 51.8 Å². The summed E-state index contributed by atoms with van der Waals surface area (Å²) in [5.41, 5.74) is 3.03. The smallest absolute Gasteiger partial charge is 0.331 e. The number of halogens is 1.